The molecule has 1 saturated heterocycles. The highest BCUT2D eigenvalue weighted by molar-refractivity contribution is 6.42. The first kappa shape index (κ1) is 31.8. The molecule has 0 spiro atoms. The molecule has 0 unspecified atom stereocenters. The zero-order chi connectivity index (χ0) is 32.0. The Balaban J connectivity index is 0.962. The van der Waals surface area contributed by atoms with Gasteiger partial charge in [0.1, 0.15) is 5.75 Å². The number of piperazine rings is 1. The summed E-state index contributed by atoms with van der Waals surface area (Å²) in [4.78, 5) is 26.1. The van der Waals surface area contributed by atoms with Gasteiger partial charge in [-0.2, -0.15) is 0 Å². The highest BCUT2D eigenvalue weighted by atomic mass is 35.5. The minimum absolute atomic E-state index is 0.120. The van der Waals surface area contributed by atoms with Gasteiger partial charge in [0.05, 0.1) is 28.5 Å². The van der Waals surface area contributed by atoms with E-state index in [0.717, 1.165) is 54.6 Å². The lowest BCUT2D eigenvalue weighted by molar-refractivity contribution is -0.131. The van der Waals surface area contributed by atoms with Crippen LogP contribution in [0.5, 0.6) is 23.1 Å². The number of aromatic nitrogens is 1. The van der Waals surface area contributed by atoms with Gasteiger partial charge in [0.25, 0.3) is 0 Å². The molecule has 3 aromatic carbocycles. The maximum atomic E-state index is 13.1. The van der Waals surface area contributed by atoms with E-state index in [0.29, 0.717) is 47.9 Å². The number of ether oxygens (including phenoxy) is 3. The van der Waals surface area contributed by atoms with Crippen molar-refractivity contribution in [2.24, 2.45) is 0 Å². The van der Waals surface area contributed by atoms with Crippen molar-refractivity contribution in [2.75, 3.05) is 62.9 Å². The summed E-state index contributed by atoms with van der Waals surface area (Å²) in [6.07, 6.45) is 1.81. The SMILES string of the molecule is CCN(Cc1ccc(Cl)c(Cl)c1)c1ccc(Oc2ccc(N(C)CC(=O)N3CCN(Cc4ccc5c(c4)OCO5)CC3)cc2)nc1. The summed E-state index contributed by atoms with van der Waals surface area (Å²) < 4.78 is 16.9. The summed E-state index contributed by atoms with van der Waals surface area (Å²) in [5.41, 5.74) is 4.17. The van der Waals surface area contributed by atoms with Crippen molar-refractivity contribution in [3.8, 4) is 23.1 Å². The summed E-state index contributed by atoms with van der Waals surface area (Å²) in [5, 5.41) is 1.09. The van der Waals surface area contributed by atoms with E-state index >= 15 is 0 Å². The molecule has 1 fully saturated rings. The molecular weight excluding hydrogens is 625 g/mol. The first-order chi connectivity index (χ1) is 22.3. The van der Waals surface area contributed by atoms with Crippen LogP contribution in [-0.2, 0) is 17.9 Å². The van der Waals surface area contributed by atoms with Crippen LogP contribution < -0.4 is 24.0 Å². The van der Waals surface area contributed by atoms with Crippen LogP contribution in [0.4, 0.5) is 11.4 Å². The van der Waals surface area contributed by atoms with E-state index in [2.05, 4.69) is 27.8 Å². The number of hydrogen-bond acceptors (Lipinski definition) is 8. The number of benzene rings is 3. The number of amides is 1. The van der Waals surface area contributed by atoms with Crippen molar-refractivity contribution in [1.29, 1.82) is 0 Å². The molecule has 0 radical (unpaired) electrons. The fourth-order valence-electron chi connectivity index (χ4n) is 5.60. The van der Waals surface area contributed by atoms with Crippen LogP contribution in [0.1, 0.15) is 18.1 Å². The van der Waals surface area contributed by atoms with Crippen LogP contribution in [0.15, 0.2) is 79.0 Å². The van der Waals surface area contributed by atoms with Crippen molar-refractivity contribution in [1.82, 2.24) is 14.8 Å². The summed E-state index contributed by atoms with van der Waals surface area (Å²) in [6, 6.07) is 23.3. The van der Waals surface area contributed by atoms with Crippen molar-refractivity contribution in [2.45, 2.75) is 20.0 Å². The maximum absolute atomic E-state index is 13.1. The quantitative estimate of drug-likeness (QED) is 0.176. The molecule has 6 rings (SSSR count). The summed E-state index contributed by atoms with van der Waals surface area (Å²) in [5.74, 6) is 2.89. The molecule has 9 nitrogen and oxygen atoms in total. The van der Waals surface area contributed by atoms with E-state index in [9.17, 15) is 4.79 Å². The average molecular weight is 663 g/mol. The van der Waals surface area contributed by atoms with Crippen LogP contribution in [0.25, 0.3) is 0 Å². The fourth-order valence-corrected chi connectivity index (χ4v) is 5.92. The number of anilines is 2. The molecule has 1 amide bonds. The van der Waals surface area contributed by atoms with E-state index in [-0.39, 0.29) is 12.7 Å². The summed E-state index contributed by atoms with van der Waals surface area (Å²) >= 11 is 12.3. The third kappa shape index (κ3) is 7.78. The normalized spacial score (nSPS) is 14.3. The number of rotatable bonds is 11. The smallest absolute Gasteiger partial charge is 0.242 e. The average Bonchev–Trinajstić information content (AvgIpc) is 3.54. The molecule has 3 heterocycles. The molecule has 2 aliphatic heterocycles. The number of fused-ring (bicyclic) bond motifs is 1. The fraction of sp³-hybridized carbons (Fsp3) is 0.314. The van der Waals surface area contributed by atoms with Gasteiger partial charge in [-0.25, -0.2) is 4.98 Å². The van der Waals surface area contributed by atoms with E-state index in [1.807, 2.05) is 83.6 Å². The van der Waals surface area contributed by atoms with E-state index in [1.165, 1.54) is 5.56 Å². The Morgan fingerprint density at radius 3 is 2.33 bits per heavy atom. The number of halogens is 2. The Hall–Kier alpha value is -4.18. The van der Waals surface area contributed by atoms with Gasteiger partial charge in [0, 0.05) is 64.6 Å². The monoisotopic (exact) mass is 661 g/mol. The molecule has 0 N–H and O–H groups in total. The van der Waals surface area contributed by atoms with Gasteiger partial charge < -0.3 is 28.9 Å². The van der Waals surface area contributed by atoms with Gasteiger partial charge in [-0.15, -0.1) is 0 Å². The molecule has 11 heteroatoms. The first-order valence-electron chi connectivity index (χ1n) is 15.4. The zero-order valence-electron chi connectivity index (χ0n) is 26.0. The minimum Gasteiger partial charge on any atom is -0.454 e. The van der Waals surface area contributed by atoms with Crippen LogP contribution in [0.3, 0.4) is 0 Å². The Morgan fingerprint density at radius 2 is 1.61 bits per heavy atom. The van der Waals surface area contributed by atoms with Crippen molar-refractivity contribution in [3.63, 3.8) is 0 Å². The molecule has 240 valence electrons. The van der Waals surface area contributed by atoms with Crippen molar-refractivity contribution < 1.29 is 19.0 Å². The van der Waals surface area contributed by atoms with E-state index in [1.54, 1.807) is 6.20 Å². The minimum atomic E-state index is 0.120. The predicted molar refractivity (Wildman–Crippen MR) is 182 cm³/mol. The van der Waals surface area contributed by atoms with Gasteiger partial charge in [0.2, 0.25) is 18.6 Å². The molecule has 0 saturated carbocycles. The van der Waals surface area contributed by atoms with Crippen molar-refractivity contribution in [3.05, 3.63) is 100 Å². The highest BCUT2D eigenvalue weighted by Crippen LogP contribution is 2.33. The molecule has 0 bridgehead atoms. The number of carbonyl (C=O) groups is 1. The third-order valence-corrected chi connectivity index (χ3v) is 9.00. The second-order valence-corrected chi connectivity index (χ2v) is 12.2. The molecule has 1 aromatic heterocycles. The Labute approximate surface area is 279 Å². The lowest BCUT2D eigenvalue weighted by Gasteiger charge is -2.35. The Kier molecular flexibility index (Phi) is 10.0. The third-order valence-electron chi connectivity index (χ3n) is 8.27. The Bertz CT molecular complexity index is 1650. The predicted octanol–water partition coefficient (Wildman–Crippen LogP) is 6.72. The van der Waals surface area contributed by atoms with Gasteiger partial charge in [-0.3, -0.25) is 9.69 Å². The number of likely N-dealkylation sites (N-methyl/N-ethyl adjacent to an activating group) is 1. The highest BCUT2D eigenvalue weighted by Gasteiger charge is 2.23. The molecular formula is C35H37Cl2N5O4. The summed E-state index contributed by atoms with van der Waals surface area (Å²) in [7, 11) is 1.93. The van der Waals surface area contributed by atoms with Crippen LogP contribution in [-0.4, -0.2) is 73.8 Å². The number of nitrogens with zero attached hydrogens (tertiary/aromatic N) is 5. The molecule has 2 aliphatic rings. The van der Waals surface area contributed by atoms with Gasteiger partial charge in [-0.1, -0.05) is 35.3 Å². The molecule has 46 heavy (non-hydrogen) atoms. The second kappa shape index (κ2) is 14.5. The first-order valence-corrected chi connectivity index (χ1v) is 16.1. The van der Waals surface area contributed by atoms with Crippen LogP contribution in [0, 0.1) is 0 Å². The van der Waals surface area contributed by atoms with Gasteiger partial charge >= 0.3 is 0 Å². The second-order valence-electron chi connectivity index (χ2n) is 11.4. The Morgan fingerprint density at radius 1 is 0.870 bits per heavy atom. The van der Waals surface area contributed by atoms with Crippen LogP contribution >= 0.6 is 23.2 Å². The topological polar surface area (TPSA) is 70.6 Å². The standard InChI is InChI=1S/C35H37Cl2N5O4/c1-3-41(22-25-4-11-30(36)31(37)18-25)28-8-13-34(38-20-28)46-29-9-6-27(7-10-29)39(2)23-35(43)42-16-14-40(15-17-42)21-26-5-12-32-33(19-26)45-24-44-32/h4-13,18-20H,3,14-17,21-24H2,1-2H3. The van der Waals surface area contributed by atoms with E-state index in [4.69, 9.17) is 37.4 Å². The number of carbonyl (C=O) groups excluding carboxylic acids is 1. The molecule has 0 atom stereocenters. The molecule has 4 aromatic rings. The molecule has 0 aliphatic carbocycles. The maximum Gasteiger partial charge on any atom is 0.242 e. The van der Waals surface area contributed by atoms with Gasteiger partial charge in [0.15, 0.2) is 11.5 Å². The van der Waals surface area contributed by atoms with E-state index < -0.39 is 0 Å². The number of hydrogen-bond donors (Lipinski definition) is 0. The lowest BCUT2D eigenvalue weighted by Crippen LogP contribution is -2.50. The van der Waals surface area contributed by atoms with Crippen LogP contribution in [0.2, 0.25) is 10.0 Å². The lowest BCUT2D eigenvalue weighted by atomic mass is 10.1. The summed E-state index contributed by atoms with van der Waals surface area (Å²) in [6.45, 7) is 8.08. The van der Waals surface area contributed by atoms with Crippen molar-refractivity contribution >= 4 is 40.5 Å². The number of pyridine rings is 1. The zero-order valence-corrected chi connectivity index (χ0v) is 27.5. The van der Waals surface area contributed by atoms with Gasteiger partial charge in [-0.05, 0) is 72.6 Å². The largest absolute Gasteiger partial charge is 0.454 e.